The number of aryl methyl sites for hydroxylation is 1. The summed E-state index contributed by atoms with van der Waals surface area (Å²) in [6, 6.07) is 8.47. The third-order valence-electron chi connectivity index (χ3n) is 7.56. The fourth-order valence-electron chi connectivity index (χ4n) is 5.60. The summed E-state index contributed by atoms with van der Waals surface area (Å²) in [7, 11) is 0. The van der Waals surface area contributed by atoms with Gasteiger partial charge in [-0.2, -0.15) is 13.2 Å². The van der Waals surface area contributed by atoms with Gasteiger partial charge in [-0.1, -0.05) is 12.8 Å². The number of halogens is 3. The van der Waals surface area contributed by atoms with Crippen LogP contribution < -0.4 is 16.6 Å². The largest absolute Gasteiger partial charge is 0.416 e. The molecule has 1 fully saturated rings. The lowest BCUT2D eigenvalue weighted by atomic mass is 10.0. The van der Waals surface area contributed by atoms with Crippen molar-refractivity contribution in [1.82, 2.24) is 23.9 Å². The second kappa shape index (κ2) is 9.65. The van der Waals surface area contributed by atoms with Crippen LogP contribution in [0.1, 0.15) is 61.6 Å². The Hall–Kier alpha value is -4.41. The summed E-state index contributed by atoms with van der Waals surface area (Å²) in [6.07, 6.45) is 5.01. The van der Waals surface area contributed by atoms with Gasteiger partial charge in [0.25, 0.3) is 5.56 Å². The van der Waals surface area contributed by atoms with E-state index in [4.69, 9.17) is 5.73 Å². The molecular formula is C29H28F3N7O. The van der Waals surface area contributed by atoms with Gasteiger partial charge in [0.2, 0.25) is 0 Å². The van der Waals surface area contributed by atoms with Crippen LogP contribution in [0.15, 0.2) is 59.8 Å². The second-order valence-corrected chi connectivity index (χ2v) is 10.4. The number of hydrogen-bond acceptors (Lipinski definition) is 6. The standard InChI is InChI=1S/C29H28F3N7O/c1-16(19-11-20(29(30,31)32)13-21(33)12-19)35-26-24-14-23(27-34-9-10-38(27)28(24)37-17(2)36-26)18-7-8-25(40)39(15-18)22-5-3-4-6-22/h7-16,22H,3-6,33H2,1-2H3,(H,35,36,37)/t16-/m1/s1. The molecule has 206 valence electrons. The number of nitrogens with one attached hydrogen (secondary N) is 1. The fraction of sp³-hybridized carbons (Fsp3) is 0.310. The molecule has 0 radical (unpaired) electrons. The van der Waals surface area contributed by atoms with Crippen molar-refractivity contribution in [1.29, 1.82) is 0 Å². The summed E-state index contributed by atoms with van der Waals surface area (Å²) in [5.41, 5.74) is 8.28. The van der Waals surface area contributed by atoms with E-state index in [1.165, 1.54) is 6.07 Å². The zero-order valence-corrected chi connectivity index (χ0v) is 22.0. The molecule has 5 aromatic rings. The Morgan fingerprint density at radius 2 is 1.85 bits per heavy atom. The number of imidazole rings is 1. The summed E-state index contributed by atoms with van der Waals surface area (Å²) in [6.45, 7) is 3.51. The van der Waals surface area contributed by atoms with Crippen LogP contribution in [-0.2, 0) is 6.18 Å². The number of nitrogens with two attached hydrogens (primary N) is 1. The minimum atomic E-state index is -4.51. The highest BCUT2D eigenvalue weighted by atomic mass is 19.4. The minimum absolute atomic E-state index is 0.0296. The molecule has 1 aliphatic rings. The number of fused-ring (bicyclic) bond motifs is 3. The van der Waals surface area contributed by atoms with E-state index in [0.29, 0.717) is 33.9 Å². The van der Waals surface area contributed by atoms with Gasteiger partial charge in [-0.3, -0.25) is 9.20 Å². The van der Waals surface area contributed by atoms with Crippen molar-refractivity contribution in [3.05, 3.63) is 82.3 Å². The first kappa shape index (κ1) is 25.8. The molecule has 40 heavy (non-hydrogen) atoms. The van der Waals surface area contributed by atoms with Crippen molar-refractivity contribution in [2.24, 2.45) is 0 Å². The number of nitrogen functional groups attached to an aromatic ring is 1. The normalized spacial score (nSPS) is 15.2. The van der Waals surface area contributed by atoms with Crippen LogP contribution in [0.3, 0.4) is 0 Å². The quantitative estimate of drug-likeness (QED) is 0.250. The Kier molecular flexibility index (Phi) is 6.24. The Morgan fingerprint density at radius 3 is 2.60 bits per heavy atom. The molecule has 1 aromatic carbocycles. The molecule has 1 atom stereocenters. The number of alkyl halides is 3. The minimum Gasteiger partial charge on any atom is -0.399 e. The summed E-state index contributed by atoms with van der Waals surface area (Å²) in [4.78, 5) is 26.6. The molecule has 1 aliphatic carbocycles. The lowest BCUT2D eigenvalue weighted by molar-refractivity contribution is -0.137. The van der Waals surface area contributed by atoms with Crippen molar-refractivity contribution in [2.45, 2.75) is 57.8 Å². The van der Waals surface area contributed by atoms with E-state index < -0.39 is 17.8 Å². The molecular weight excluding hydrogens is 519 g/mol. The number of hydrogen-bond donors (Lipinski definition) is 2. The number of aromatic nitrogens is 5. The summed E-state index contributed by atoms with van der Waals surface area (Å²) in [5, 5.41) is 3.95. The smallest absolute Gasteiger partial charge is 0.399 e. The summed E-state index contributed by atoms with van der Waals surface area (Å²) < 4.78 is 44.0. The molecule has 1 saturated carbocycles. The molecule has 0 aliphatic heterocycles. The van der Waals surface area contributed by atoms with Crippen LogP contribution in [0.25, 0.3) is 27.8 Å². The first-order chi connectivity index (χ1) is 19.1. The highest BCUT2D eigenvalue weighted by Crippen LogP contribution is 2.36. The Balaban J connectivity index is 1.48. The number of anilines is 2. The number of benzene rings is 1. The van der Waals surface area contributed by atoms with Gasteiger partial charge < -0.3 is 15.6 Å². The van der Waals surface area contributed by atoms with Gasteiger partial charge in [0.05, 0.1) is 17.0 Å². The second-order valence-electron chi connectivity index (χ2n) is 10.4. The predicted octanol–water partition coefficient (Wildman–Crippen LogP) is 6.30. The van der Waals surface area contributed by atoms with E-state index in [1.807, 2.05) is 21.2 Å². The molecule has 0 unspecified atom stereocenters. The Labute approximate surface area is 227 Å². The Bertz CT molecular complexity index is 1800. The molecule has 0 bridgehead atoms. The maximum Gasteiger partial charge on any atom is 0.416 e. The summed E-state index contributed by atoms with van der Waals surface area (Å²) in [5.74, 6) is 0.954. The van der Waals surface area contributed by atoms with E-state index in [2.05, 4.69) is 20.3 Å². The van der Waals surface area contributed by atoms with Crippen LogP contribution in [-0.4, -0.2) is 23.9 Å². The average molecular weight is 548 g/mol. The fourth-order valence-corrected chi connectivity index (χ4v) is 5.60. The number of rotatable bonds is 5. The van der Waals surface area contributed by atoms with Crippen LogP contribution in [0.5, 0.6) is 0 Å². The molecule has 8 nitrogen and oxygen atoms in total. The number of nitrogens with zero attached hydrogens (tertiary/aromatic N) is 5. The van der Waals surface area contributed by atoms with Gasteiger partial charge in [0, 0.05) is 47.5 Å². The van der Waals surface area contributed by atoms with E-state index in [9.17, 15) is 18.0 Å². The highest BCUT2D eigenvalue weighted by Gasteiger charge is 2.31. The molecule has 0 amide bonds. The van der Waals surface area contributed by atoms with Gasteiger partial charge in [-0.25, -0.2) is 15.0 Å². The topological polar surface area (TPSA) is 103 Å². The van der Waals surface area contributed by atoms with Crippen LogP contribution in [0.4, 0.5) is 24.7 Å². The molecule has 11 heteroatoms. The molecule has 0 spiro atoms. The molecule has 0 saturated heterocycles. The van der Waals surface area contributed by atoms with Crippen LogP contribution in [0, 0.1) is 6.92 Å². The first-order valence-electron chi connectivity index (χ1n) is 13.2. The van der Waals surface area contributed by atoms with E-state index in [1.54, 1.807) is 38.4 Å². The first-order valence-corrected chi connectivity index (χ1v) is 13.2. The highest BCUT2D eigenvalue weighted by molar-refractivity contribution is 5.95. The van der Waals surface area contributed by atoms with Crippen LogP contribution in [0.2, 0.25) is 0 Å². The van der Waals surface area contributed by atoms with Gasteiger partial charge in [0.1, 0.15) is 17.3 Å². The predicted molar refractivity (Wildman–Crippen MR) is 148 cm³/mol. The summed E-state index contributed by atoms with van der Waals surface area (Å²) >= 11 is 0. The Morgan fingerprint density at radius 1 is 1.07 bits per heavy atom. The van der Waals surface area contributed by atoms with Crippen molar-refractivity contribution >= 4 is 28.2 Å². The lowest BCUT2D eigenvalue weighted by Gasteiger charge is -2.20. The van der Waals surface area contributed by atoms with Crippen LogP contribution >= 0.6 is 0 Å². The van der Waals surface area contributed by atoms with E-state index in [0.717, 1.165) is 48.9 Å². The molecule has 4 heterocycles. The van der Waals surface area contributed by atoms with Crippen molar-refractivity contribution in [3.8, 4) is 11.1 Å². The molecule has 4 aromatic heterocycles. The van der Waals surface area contributed by atoms with Gasteiger partial charge >= 0.3 is 6.18 Å². The van der Waals surface area contributed by atoms with Gasteiger partial charge in [-0.15, -0.1) is 0 Å². The van der Waals surface area contributed by atoms with Gasteiger partial charge in [0.15, 0.2) is 5.65 Å². The third kappa shape index (κ3) is 4.65. The van der Waals surface area contributed by atoms with E-state index in [-0.39, 0.29) is 17.3 Å². The molecule has 6 rings (SSSR count). The zero-order valence-electron chi connectivity index (χ0n) is 22.0. The van der Waals surface area contributed by atoms with Crippen molar-refractivity contribution in [2.75, 3.05) is 11.1 Å². The monoisotopic (exact) mass is 547 g/mol. The number of pyridine rings is 2. The lowest BCUT2D eigenvalue weighted by Crippen LogP contribution is -2.22. The molecule has 3 N–H and O–H groups in total. The average Bonchev–Trinajstić information content (AvgIpc) is 3.61. The van der Waals surface area contributed by atoms with Gasteiger partial charge in [-0.05, 0) is 62.6 Å². The SMILES string of the molecule is Cc1nc(N[C@H](C)c2cc(N)cc(C(F)(F)F)c2)c2cc(-c3ccc(=O)n(C4CCCC4)c3)c3nccn3c2n1. The van der Waals surface area contributed by atoms with Crippen molar-refractivity contribution in [3.63, 3.8) is 0 Å². The van der Waals surface area contributed by atoms with E-state index >= 15 is 0 Å². The third-order valence-corrected chi connectivity index (χ3v) is 7.56. The maximum absolute atomic E-state index is 13.4. The van der Waals surface area contributed by atoms with Crippen molar-refractivity contribution < 1.29 is 13.2 Å². The maximum atomic E-state index is 13.4. The zero-order chi connectivity index (χ0) is 28.2.